The summed E-state index contributed by atoms with van der Waals surface area (Å²) in [4.78, 5) is 0. The van der Waals surface area contributed by atoms with Crippen molar-refractivity contribution in [2.75, 3.05) is 7.05 Å². The molecule has 0 bridgehead atoms. The van der Waals surface area contributed by atoms with Gasteiger partial charge in [-0.3, -0.25) is 0 Å². The van der Waals surface area contributed by atoms with Gasteiger partial charge in [-0.05, 0) is 19.5 Å². The molecule has 19 heavy (non-hydrogen) atoms. The first kappa shape index (κ1) is 16.1. The Labute approximate surface area is 115 Å². The van der Waals surface area contributed by atoms with E-state index < -0.39 is 11.6 Å². The number of halogens is 2. The van der Waals surface area contributed by atoms with Gasteiger partial charge in [0.05, 0.1) is 0 Å². The molecule has 0 amide bonds. The van der Waals surface area contributed by atoms with Gasteiger partial charge in [0, 0.05) is 17.7 Å². The Morgan fingerprint density at radius 1 is 1.05 bits per heavy atom. The Balaban J connectivity index is 2.40. The van der Waals surface area contributed by atoms with E-state index in [1.807, 2.05) is 7.05 Å². The number of hydrogen-bond acceptors (Lipinski definition) is 1. The van der Waals surface area contributed by atoms with Crippen molar-refractivity contribution in [1.29, 1.82) is 0 Å². The van der Waals surface area contributed by atoms with Crippen molar-refractivity contribution in [3.8, 4) is 0 Å². The molecule has 0 radical (unpaired) electrons. The maximum absolute atomic E-state index is 13.7. The summed E-state index contributed by atoms with van der Waals surface area (Å²) in [5.74, 6) is -0.971. The number of benzene rings is 1. The highest BCUT2D eigenvalue weighted by Gasteiger charge is 2.14. The summed E-state index contributed by atoms with van der Waals surface area (Å²) < 4.78 is 26.6. The van der Waals surface area contributed by atoms with Gasteiger partial charge < -0.3 is 5.32 Å². The van der Waals surface area contributed by atoms with Crippen molar-refractivity contribution < 1.29 is 8.78 Å². The van der Waals surface area contributed by atoms with Crippen LogP contribution in [-0.4, -0.2) is 7.05 Å². The average Bonchev–Trinajstić information content (AvgIpc) is 2.39. The normalized spacial score (nSPS) is 12.6. The van der Waals surface area contributed by atoms with Crippen LogP contribution in [0.15, 0.2) is 18.2 Å². The molecule has 1 unspecified atom stereocenters. The zero-order valence-electron chi connectivity index (χ0n) is 12.0. The Morgan fingerprint density at radius 3 is 2.37 bits per heavy atom. The zero-order chi connectivity index (χ0) is 14.1. The highest BCUT2D eigenvalue weighted by Crippen LogP contribution is 2.23. The Bertz CT molecular complexity index is 366. The molecule has 0 aliphatic carbocycles. The first-order chi connectivity index (χ1) is 9.19. The van der Waals surface area contributed by atoms with Crippen LogP contribution in [0, 0.1) is 11.6 Å². The monoisotopic (exact) mass is 269 g/mol. The number of hydrogen-bond donors (Lipinski definition) is 1. The molecule has 1 aromatic carbocycles. The SMILES string of the molecule is CCCCCCCCC(NC)c1ccc(F)cc1F. The van der Waals surface area contributed by atoms with Gasteiger partial charge >= 0.3 is 0 Å². The summed E-state index contributed by atoms with van der Waals surface area (Å²) in [6.07, 6.45) is 8.22. The van der Waals surface area contributed by atoms with E-state index in [-0.39, 0.29) is 6.04 Å². The van der Waals surface area contributed by atoms with Gasteiger partial charge in [-0.15, -0.1) is 0 Å². The molecule has 1 aromatic rings. The van der Waals surface area contributed by atoms with E-state index in [0.29, 0.717) is 5.56 Å². The largest absolute Gasteiger partial charge is 0.313 e. The van der Waals surface area contributed by atoms with Crippen LogP contribution in [0.1, 0.15) is 63.5 Å². The van der Waals surface area contributed by atoms with Gasteiger partial charge in [-0.25, -0.2) is 8.78 Å². The van der Waals surface area contributed by atoms with Gasteiger partial charge in [0.2, 0.25) is 0 Å². The summed E-state index contributed by atoms with van der Waals surface area (Å²) in [5.41, 5.74) is 0.567. The molecule has 1 nitrogen and oxygen atoms in total. The highest BCUT2D eigenvalue weighted by atomic mass is 19.1. The Kier molecular flexibility index (Phi) is 7.65. The van der Waals surface area contributed by atoms with Crippen molar-refractivity contribution in [3.63, 3.8) is 0 Å². The minimum absolute atomic E-state index is 0.0215. The molecule has 0 saturated heterocycles. The maximum atomic E-state index is 13.7. The Morgan fingerprint density at radius 2 is 1.74 bits per heavy atom. The lowest BCUT2D eigenvalue weighted by molar-refractivity contribution is 0.472. The molecule has 0 aromatic heterocycles. The molecule has 3 heteroatoms. The van der Waals surface area contributed by atoms with Crippen molar-refractivity contribution in [2.45, 2.75) is 57.9 Å². The second-order valence-corrected chi connectivity index (χ2v) is 5.06. The molecule has 1 N–H and O–H groups in total. The fourth-order valence-electron chi connectivity index (χ4n) is 2.37. The van der Waals surface area contributed by atoms with Crippen LogP contribution in [-0.2, 0) is 0 Å². The van der Waals surface area contributed by atoms with Crippen molar-refractivity contribution in [3.05, 3.63) is 35.4 Å². The molecule has 0 saturated carbocycles. The predicted molar refractivity (Wildman–Crippen MR) is 76.2 cm³/mol. The van der Waals surface area contributed by atoms with Crippen molar-refractivity contribution in [2.24, 2.45) is 0 Å². The number of unbranched alkanes of at least 4 members (excludes halogenated alkanes) is 5. The van der Waals surface area contributed by atoms with E-state index in [0.717, 1.165) is 18.9 Å². The summed E-state index contributed by atoms with van der Waals surface area (Å²) >= 11 is 0. The smallest absolute Gasteiger partial charge is 0.130 e. The fraction of sp³-hybridized carbons (Fsp3) is 0.625. The second-order valence-electron chi connectivity index (χ2n) is 5.06. The molecule has 1 atom stereocenters. The van der Waals surface area contributed by atoms with E-state index in [2.05, 4.69) is 12.2 Å². The molecule has 1 rings (SSSR count). The Hall–Kier alpha value is -0.960. The standard InChI is InChI=1S/C16H25F2N/c1-3-4-5-6-7-8-9-16(19-2)14-11-10-13(17)12-15(14)18/h10-12,16,19H,3-9H2,1-2H3. The third kappa shape index (κ3) is 5.68. The second kappa shape index (κ2) is 9.03. The van der Waals surface area contributed by atoms with Crippen LogP contribution in [0.4, 0.5) is 8.78 Å². The van der Waals surface area contributed by atoms with Gasteiger partial charge in [-0.2, -0.15) is 0 Å². The van der Waals surface area contributed by atoms with E-state index in [4.69, 9.17) is 0 Å². The quantitative estimate of drug-likeness (QED) is 0.624. The summed E-state index contributed by atoms with van der Waals surface area (Å²) in [6.45, 7) is 2.20. The van der Waals surface area contributed by atoms with E-state index in [1.165, 1.54) is 38.2 Å². The van der Waals surface area contributed by atoms with E-state index in [9.17, 15) is 8.78 Å². The van der Waals surface area contributed by atoms with Crippen LogP contribution in [0.5, 0.6) is 0 Å². The van der Waals surface area contributed by atoms with Gasteiger partial charge in [0.1, 0.15) is 11.6 Å². The molecule has 108 valence electrons. The zero-order valence-corrected chi connectivity index (χ0v) is 12.0. The van der Waals surface area contributed by atoms with Crippen LogP contribution in [0.2, 0.25) is 0 Å². The molecule has 0 aliphatic rings. The van der Waals surface area contributed by atoms with Gasteiger partial charge in [-0.1, -0.05) is 51.5 Å². The van der Waals surface area contributed by atoms with E-state index in [1.54, 1.807) is 6.07 Å². The third-order valence-electron chi connectivity index (χ3n) is 3.53. The minimum Gasteiger partial charge on any atom is -0.313 e. The van der Waals surface area contributed by atoms with Crippen LogP contribution < -0.4 is 5.32 Å². The highest BCUT2D eigenvalue weighted by molar-refractivity contribution is 5.22. The topological polar surface area (TPSA) is 12.0 Å². The molecular weight excluding hydrogens is 244 g/mol. The molecule has 0 heterocycles. The number of rotatable bonds is 9. The molecule has 0 aliphatic heterocycles. The minimum atomic E-state index is -0.518. The molecule has 0 fully saturated rings. The first-order valence-electron chi connectivity index (χ1n) is 7.31. The predicted octanol–water partition coefficient (Wildman–Crippen LogP) is 4.98. The maximum Gasteiger partial charge on any atom is 0.130 e. The average molecular weight is 269 g/mol. The summed E-state index contributed by atoms with van der Waals surface area (Å²) in [5, 5.41) is 3.12. The van der Waals surface area contributed by atoms with Crippen LogP contribution >= 0.6 is 0 Å². The first-order valence-corrected chi connectivity index (χ1v) is 7.31. The van der Waals surface area contributed by atoms with Crippen molar-refractivity contribution in [1.82, 2.24) is 5.32 Å². The van der Waals surface area contributed by atoms with Crippen molar-refractivity contribution >= 4 is 0 Å². The number of nitrogens with one attached hydrogen (secondary N) is 1. The van der Waals surface area contributed by atoms with Crippen LogP contribution in [0.25, 0.3) is 0 Å². The molecule has 0 spiro atoms. The van der Waals surface area contributed by atoms with Gasteiger partial charge in [0.25, 0.3) is 0 Å². The lowest BCUT2D eigenvalue weighted by Gasteiger charge is -2.17. The lowest BCUT2D eigenvalue weighted by Crippen LogP contribution is -2.17. The summed E-state index contributed by atoms with van der Waals surface area (Å²) in [7, 11) is 1.82. The summed E-state index contributed by atoms with van der Waals surface area (Å²) in [6, 6.07) is 3.81. The lowest BCUT2D eigenvalue weighted by atomic mass is 9.99. The van der Waals surface area contributed by atoms with Gasteiger partial charge in [0.15, 0.2) is 0 Å². The third-order valence-corrected chi connectivity index (χ3v) is 3.53. The van der Waals surface area contributed by atoms with E-state index >= 15 is 0 Å². The molecular formula is C16H25F2N. The fourth-order valence-corrected chi connectivity index (χ4v) is 2.37. The van der Waals surface area contributed by atoms with Crippen LogP contribution in [0.3, 0.4) is 0 Å².